The van der Waals surface area contributed by atoms with Crippen molar-refractivity contribution in [2.75, 3.05) is 7.11 Å². The topological polar surface area (TPSA) is 18.5 Å². The Hall–Kier alpha value is -3.78. The Morgan fingerprint density at radius 3 is 1.43 bits per heavy atom. The summed E-state index contributed by atoms with van der Waals surface area (Å²) in [5.41, 5.74) is 6.73. The molecule has 0 unspecified atom stereocenters. The lowest BCUT2D eigenvalue weighted by Crippen LogP contribution is -1.89. The standard InChI is InChI=1S/C28H24O2/c1-20-4-6-24(7-5-20)25-12-18-28(19-13-25)30-27-16-10-23(11-17-27)21(2)22-8-14-26(29-3)15-9-22/h4-19H,2H2,1,3H3. The van der Waals surface area contributed by atoms with Gasteiger partial charge in [-0.2, -0.15) is 0 Å². The van der Waals surface area contributed by atoms with Crippen LogP contribution in [-0.4, -0.2) is 7.11 Å². The molecule has 0 amide bonds. The minimum absolute atomic E-state index is 0.796. The van der Waals surface area contributed by atoms with Crippen molar-refractivity contribution in [2.45, 2.75) is 6.92 Å². The number of rotatable bonds is 6. The molecule has 0 N–H and O–H groups in total. The molecule has 2 heteroatoms. The molecule has 30 heavy (non-hydrogen) atoms. The minimum Gasteiger partial charge on any atom is -0.497 e. The fraction of sp³-hybridized carbons (Fsp3) is 0.0714. The van der Waals surface area contributed by atoms with Crippen molar-refractivity contribution >= 4 is 5.57 Å². The molecule has 0 aliphatic rings. The minimum atomic E-state index is 0.796. The normalized spacial score (nSPS) is 10.5. The van der Waals surface area contributed by atoms with Crippen LogP contribution < -0.4 is 9.47 Å². The monoisotopic (exact) mass is 392 g/mol. The maximum absolute atomic E-state index is 6.01. The quantitative estimate of drug-likeness (QED) is 0.338. The van der Waals surface area contributed by atoms with Gasteiger partial charge in [-0.15, -0.1) is 0 Å². The van der Waals surface area contributed by atoms with Crippen molar-refractivity contribution in [3.05, 3.63) is 120 Å². The summed E-state index contributed by atoms with van der Waals surface area (Å²) in [6.07, 6.45) is 0. The number of hydrogen-bond acceptors (Lipinski definition) is 2. The van der Waals surface area contributed by atoms with Gasteiger partial charge >= 0.3 is 0 Å². The summed E-state index contributed by atoms with van der Waals surface area (Å²) >= 11 is 0. The van der Waals surface area contributed by atoms with Crippen molar-refractivity contribution in [1.29, 1.82) is 0 Å². The molecule has 0 heterocycles. The van der Waals surface area contributed by atoms with Crippen LogP contribution in [0.5, 0.6) is 17.2 Å². The summed E-state index contributed by atoms with van der Waals surface area (Å²) in [6.45, 7) is 6.32. The Kier molecular flexibility index (Phi) is 5.67. The Morgan fingerprint density at radius 2 is 0.967 bits per heavy atom. The molecule has 0 aliphatic heterocycles. The second-order valence-corrected chi connectivity index (χ2v) is 7.22. The van der Waals surface area contributed by atoms with Crippen molar-refractivity contribution in [3.8, 4) is 28.4 Å². The number of benzene rings is 4. The van der Waals surface area contributed by atoms with E-state index < -0.39 is 0 Å². The first kappa shape index (κ1) is 19.5. The van der Waals surface area contributed by atoms with Crippen LogP contribution in [0.2, 0.25) is 0 Å². The maximum Gasteiger partial charge on any atom is 0.127 e. The van der Waals surface area contributed by atoms with Crippen LogP contribution in [0.25, 0.3) is 16.7 Å². The SMILES string of the molecule is C=C(c1ccc(OC)cc1)c1ccc(Oc2ccc(-c3ccc(C)cc3)cc2)cc1. The maximum atomic E-state index is 6.01. The average molecular weight is 392 g/mol. The van der Waals surface area contributed by atoms with Gasteiger partial charge in [-0.25, -0.2) is 0 Å². The van der Waals surface area contributed by atoms with E-state index in [1.54, 1.807) is 7.11 Å². The number of ether oxygens (including phenoxy) is 2. The zero-order valence-corrected chi connectivity index (χ0v) is 17.3. The Balaban J connectivity index is 1.44. The number of hydrogen-bond donors (Lipinski definition) is 0. The predicted octanol–water partition coefficient (Wildman–Crippen LogP) is 7.52. The van der Waals surface area contributed by atoms with Crippen LogP contribution in [-0.2, 0) is 0 Å². The van der Waals surface area contributed by atoms with E-state index in [0.717, 1.165) is 33.9 Å². The summed E-state index contributed by atoms with van der Waals surface area (Å²) in [6, 6.07) is 32.6. The van der Waals surface area contributed by atoms with E-state index in [0.29, 0.717) is 0 Å². The Bertz CT molecular complexity index is 1120. The molecule has 0 spiro atoms. The van der Waals surface area contributed by atoms with Crippen LogP contribution in [0.4, 0.5) is 0 Å². The van der Waals surface area contributed by atoms with E-state index in [1.165, 1.54) is 16.7 Å². The van der Waals surface area contributed by atoms with Gasteiger partial charge in [0, 0.05) is 0 Å². The first-order chi connectivity index (χ1) is 14.6. The third-order valence-electron chi connectivity index (χ3n) is 5.12. The van der Waals surface area contributed by atoms with Crippen molar-refractivity contribution in [1.82, 2.24) is 0 Å². The summed E-state index contributed by atoms with van der Waals surface area (Å²) in [4.78, 5) is 0. The molecule has 0 aromatic heterocycles. The molecule has 0 fully saturated rings. The van der Waals surface area contributed by atoms with Gasteiger partial charge in [-0.3, -0.25) is 0 Å². The van der Waals surface area contributed by atoms with Crippen LogP contribution in [0, 0.1) is 6.92 Å². The van der Waals surface area contributed by atoms with Gasteiger partial charge in [0.15, 0.2) is 0 Å². The summed E-state index contributed by atoms with van der Waals surface area (Å²) in [5.74, 6) is 2.45. The molecule has 4 aromatic rings. The average Bonchev–Trinajstić information content (AvgIpc) is 2.80. The molecule has 0 bridgehead atoms. The first-order valence-electron chi connectivity index (χ1n) is 9.91. The van der Waals surface area contributed by atoms with Gasteiger partial charge in [0.2, 0.25) is 0 Å². The molecule has 4 aromatic carbocycles. The van der Waals surface area contributed by atoms with E-state index in [2.05, 4.69) is 49.9 Å². The largest absolute Gasteiger partial charge is 0.497 e. The third-order valence-corrected chi connectivity index (χ3v) is 5.12. The molecule has 148 valence electrons. The molecule has 2 nitrogen and oxygen atoms in total. The summed E-state index contributed by atoms with van der Waals surface area (Å²) in [5, 5.41) is 0. The fourth-order valence-corrected chi connectivity index (χ4v) is 3.28. The molecular weight excluding hydrogens is 368 g/mol. The van der Waals surface area contributed by atoms with E-state index in [-0.39, 0.29) is 0 Å². The molecule has 0 atom stereocenters. The van der Waals surface area contributed by atoms with Crippen molar-refractivity contribution < 1.29 is 9.47 Å². The van der Waals surface area contributed by atoms with E-state index in [9.17, 15) is 0 Å². The van der Waals surface area contributed by atoms with E-state index in [1.807, 2.05) is 60.7 Å². The highest BCUT2D eigenvalue weighted by atomic mass is 16.5. The van der Waals surface area contributed by atoms with E-state index >= 15 is 0 Å². The van der Waals surface area contributed by atoms with Crippen molar-refractivity contribution in [3.63, 3.8) is 0 Å². The van der Waals surface area contributed by atoms with Crippen LogP contribution >= 0.6 is 0 Å². The lowest BCUT2D eigenvalue weighted by atomic mass is 9.99. The summed E-state index contributed by atoms with van der Waals surface area (Å²) in [7, 11) is 1.67. The number of methoxy groups -OCH3 is 1. The van der Waals surface area contributed by atoms with Gasteiger partial charge in [-0.1, -0.05) is 72.8 Å². The lowest BCUT2D eigenvalue weighted by Gasteiger charge is -2.10. The molecule has 0 saturated heterocycles. The van der Waals surface area contributed by atoms with Crippen LogP contribution in [0.1, 0.15) is 16.7 Å². The van der Waals surface area contributed by atoms with E-state index in [4.69, 9.17) is 9.47 Å². The fourth-order valence-electron chi connectivity index (χ4n) is 3.28. The van der Waals surface area contributed by atoms with Crippen molar-refractivity contribution in [2.24, 2.45) is 0 Å². The van der Waals surface area contributed by atoms with Crippen LogP contribution in [0.15, 0.2) is 104 Å². The van der Waals surface area contributed by atoms with Gasteiger partial charge in [-0.05, 0) is 71.1 Å². The molecule has 0 radical (unpaired) electrons. The highest BCUT2D eigenvalue weighted by molar-refractivity contribution is 5.78. The molecule has 0 aliphatic carbocycles. The zero-order valence-electron chi connectivity index (χ0n) is 17.3. The Labute approximate surface area is 178 Å². The third kappa shape index (κ3) is 4.44. The van der Waals surface area contributed by atoms with Crippen LogP contribution in [0.3, 0.4) is 0 Å². The highest BCUT2D eigenvalue weighted by Gasteiger charge is 2.05. The van der Waals surface area contributed by atoms with Gasteiger partial charge < -0.3 is 9.47 Å². The van der Waals surface area contributed by atoms with Gasteiger partial charge in [0.25, 0.3) is 0 Å². The zero-order chi connectivity index (χ0) is 20.9. The molecule has 0 saturated carbocycles. The smallest absolute Gasteiger partial charge is 0.127 e. The first-order valence-corrected chi connectivity index (χ1v) is 9.91. The lowest BCUT2D eigenvalue weighted by molar-refractivity contribution is 0.415. The number of aryl methyl sites for hydroxylation is 1. The summed E-state index contributed by atoms with van der Waals surface area (Å²) < 4.78 is 11.2. The predicted molar refractivity (Wildman–Crippen MR) is 124 cm³/mol. The highest BCUT2D eigenvalue weighted by Crippen LogP contribution is 2.29. The second-order valence-electron chi connectivity index (χ2n) is 7.22. The molecule has 4 rings (SSSR count). The molecular formula is C28H24O2. The second kappa shape index (κ2) is 8.71. The van der Waals surface area contributed by atoms with Gasteiger partial charge in [0.1, 0.15) is 17.2 Å². The Morgan fingerprint density at radius 1 is 0.567 bits per heavy atom. The van der Waals surface area contributed by atoms with Gasteiger partial charge in [0.05, 0.1) is 7.11 Å².